The van der Waals surface area contributed by atoms with E-state index < -0.39 is 10.0 Å². The third-order valence-electron chi connectivity index (χ3n) is 3.30. The summed E-state index contributed by atoms with van der Waals surface area (Å²) in [5.74, 6) is 1.55. The fraction of sp³-hybridized carbons (Fsp3) is 0.312. The van der Waals surface area contributed by atoms with Crippen molar-refractivity contribution in [3.63, 3.8) is 0 Å². The summed E-state index contributed by atoms with van der Waals surface area (Å²) in [5.41, 5.74) is 2.26. The van der Waals surface area contributed by atoms with Crippen molar-refractivity contribution in [3.8, 4) is 5.75 Å². The summed E-state index contributed by atoms with van der Waals surface area (Å²) in [6.07, 6.45) is 1.39. The molecule has 0 saturated carbocycles. The average molecular weight is 352 g/mol. The molecule has 0 amide bonds. The van der Waals surface area contributed by atoms with Crippen LogP contribution in [0, 0.1) is 6.92 Å². The Morgan fingerprint density at radius 1 is 1.22 bits per heavy atom. The van der Waals surface area contributed by atoms with Crippen molar-refractivity contribution >= 4 is 21.8 Å². The first-order valence-electron chi connectivity index (χ1n) is 6.99. The summed E-state index contributed by atoms with van der Waals surface area (Å²) < 4.78 is 30.5. The van der Waals surface area contributed by atoms with Gasteiger partial charge < -0.3 is 4.74 Å². The van der Waals surface area contributed by atoms with Gasteiger partial charge in [0.1, 0.15) is 10.6 Å². The molecule has 0 bridgehead atoms. The summed E-state index contributed by atoms with van der Waals surface area (Å²) in [4.78, 5) is 4.43. The average Bonchev–Trinajstić information content (AvgIpc) is 2.53. The van der Waals surface area contributed by atoms with Crippen molar-refractivity contribution in [1.82, 2.24) is 9.29 Å². The Hall–Kier alpha value is -1.57. The number of hydrogen-bond acceptors (Lipinski definition) is 5. The highest BCUT2D eigenvalue weighted by atomic mass is 32.2. The molecule has 0 atom stereocenters. The number of thioether (sulfide) groups is 1. The van der Waals surface area contributed by atoms with Gasteiger partial charge in [0.15, 0.2) is 0 Å². The number of ether oxygens (including phenoxy) is 1. The molecule has 0 fully saturated rings. The minimum absolute atomic E-state index is 0.194. The maximum Gasteiger partial charge on any atom is 0.244 e. The van der Waals surface area contributed by atoms with Crippen LogP contribution in [0.2, 0.25) is 0 Å². The van der Waals surface area contributed by atoms with Gasteiger partial charge in [-0.1, -0.05) is 17.7 Å². The predicted molar refractivity (Wildman–Crippen MR) is 92.4 cm³/mol. The zero-order valence-electron chi connectivity index (χ0n) is 13.6. The SMILES string of the molecule is COc1ccc(C)cc1CSc1ccc(S(=O)(=O)N(C)C)cn1. The van der Waals surface area contributed by atoms with Crippen LogP contribution >= 0.6 is 11.8 Å². The minimum Gasteiger partial charge on any atom is -0.496 e. The van der Waals surface area contributed by atoms with E-state index in [-0.39, 0.29) is 4.90 Å². The highest BCUT2D eigenvalue weighted by Gasteiger charge is 2.17. The summed E-state index contributed by atoms with van der Waals surface area (Å²) in [7, 11) is 1.22. The Bertz CT molecular complexity index is 772. The Morgan fingerprint density at radius 3 is 2.52 bits per heavy atom. The zero-order chi connectivity index (χ0) is 17.0. The Kier molecular flexibility index (Phi) is 5.67. The molecule has 0 spiro atoms. The van der Waals surface area contributed by atoms with E-state index in [0.717, 1.165) is 16.3 Å². The van der Waals surface area contributed by atoms with Crippen molar-refractivity contribution in [2.24, 2.45) is 0 Å². The van der Waals surface area contributed by atoms with Gasteiger partial charge in [-0.25, -0.2) is 17.7 Å². The van der Waals surface area contributed by atoms with E-state index in [1.807, 2.05) is 19.1 Å². The normalized spacial score (nSPS) is 11.7. The first-order valence-corrected chi connectivity index (χ1v) is 9.42. The summed E-state index contributed by atoms with van der Waals surface area (Å²) >= 11 is 1.54. The number of nitrogens with zero attached hydrogens (tertiary/aromatic N) is 2. The van der Waals surface area contributed by atoms with Crippen LogP contribution in [0.4, 0.5) is 0 Å². The third kappa shape index (κ3) is 4.25. The molecule has 0 unspecified atom stereocenters. The van der Waals surface area contributed by atoms with E-state index in [9.17, 15) is 8.42 Å². The lowest BCUT2D eigenvalue weighted by Crippen LogP contribution is -2.22. The number of hydrogen-bond donors (Lipinski definition) is 0. The number of benzene rings is 1. The maximum atomic E-state index is 12.0. The van der Waals surface area contributed by atoms with E-state index in [1.54, 1.807) is 19.2 Å². The quantitative estimate of drug-likeness (QED) is 0.748. The van der Waals surface area contributed by atoms with Crippen LogP contribution in [-0.2, 0) is 15.8 Å². The highest BCUT2D eigenvalue weighted by Crippen LogP contribution is 2.28. The summed E-state index contributed by atoms with van der Waals surface area (Å²) in [6.45, 7) is 2.03. The molecule has 1 aromatic heterocycles. The molecule has 124 valence electrons. The van der Waals surface area contributed by atoms with Gasteiger partial charge in [-0.15, -0.1) is 11.8 Å². The molecule has 0 aliphatic heterocycles. The second-order valence-electron chi connectivity index (χ2n) is 5.22. The molecular weight excluding hydrogens is 332 g/mol. The first kappa shape index (κ1) is 17.8. The zero-order valence-corrected chi connectivity index (χ0v) is 15.2. The molecule has 1 heterocycles. The van der Waals surface area contributed by atoms with Crippen molar-refractivity contribution in [1.29, 1.82) is 0 Å². The van der Waals surface area contributed by atoms with Crippen molar-refractivity contribution in [2.45, 2.75) is 22.6 Å². The van der Waals surface area contributed by atoms with Crippen LogP contribution in [-0.4, -0.2) is 38.9 Å². The molecule has 5 nitrogen and oxygen atoms in total. The highest BCUT2D eigenvalue weighted by molar-refractivity contribution is 7.98. The summed E-state index contributed by atoms with van der Waals surface area (Å²) in [5, 5.41) is 0.770. The molecule has 7 heteroatoms. The number of aromatic nitrogens is 1. The summed E-state index contributed by atoms with van der Waals surface area (Å²) in [6, 6.07) is 9.34. The smallest absolute Gasteiger partial charge is 0.244 e. The number of aryl methyl sites for hydroxylation is 1. The molecule has 1 aromatic carbocycles. The fourth-order valence-electron chi connectivity index (χ4n) is 1.99. The van der Waals surface area contributed by atoms with E-state index in [1.165, 1.54) is 41.9 Å². The molecular formula is C16H20N2O3S2. The number of sulfonamides is 1. The Labute approximate surface area is 141 Å². The Morgan fingerprint density at radius 2 is 1.96 bits per heavy atom. The van der Waals surface area contributed by atoms with Gasteiger partial charge in [-0.2, -0.15) is 0 Å². The van der Waals surface area contributed by atoms with Gasteiger partial charge >= 0.3 is 0 Å². The lowest BCUT2D eigenvalue weighted by molar-refractivity contribution is 0.411. The lowest BCUT2D eigenvalue weighted by Gasteiger charge is -2.11. The van der Waals surface area contributed by atoms with Crippen LogP contribution in [0.15, 0.2) is 46.5 Å². The van der Waals surface area contributed by atoms with Crippen molar-refractivity contribution in [2.75, 3.05) is 21.2 Å². The monoisotopic (exact) mass is 352 g/mol. The van der Waals surface area contributed by atoms with E-state index in [2.05, 4.69) is 11.1 Å². The van der Waals surface area contributed by atoms with Crippen molar-refractivity contribution < 1.29 is 13.2 Å². The maximum absolute atomic E-state index is 12.0. The van der Waals surface area contributed by atoms with E-state index >= 15 is 0 Å². The second kappa shape index (κ2) is 7.33. The van der Waals surface area contributed by atoms with Gasteiger partial charge in [-0.3, -0.25) is 0 Å². The van der Waals surface area contributed by atoms with Gasteiger partial charge in [0.2, 0.25) is 10.0 Å². The van der Waals surface area contributed by atoms with Crippen LogP contribution in [0.1, 0.15) is 11.1 Å². The molecule has 2 aromatic rings. The topological polar surface area (TPSA) is 59.5 Å². The lowest BCUT2D eigenvalue weighted by atomic mass is 10.1. The van der Waals surface area contributed by atoms with Gasteiger partial charge in [0.25, 0.3) is 0 Å². The van der Waals surface area contributed by atoms with E-state index in [0.29, 0.717) is 5.75 Å². The van der Waals surface area contributed by atoms with Gasteiger partial charge in [0, 0.05) is 31.6 Å². The van der Waals surface area contributed by atoms with Gasteiger partial charge in [0.05, 0.1) is 12.1 Å². The number of rotatable bonds is 6. The Balaban J connectivity index is 2.12. The molecule has 2 rings (SSSR count). The fourth-order valence-corrected chi connectivity index (χ4v) is 3.66. The second-order valence-corrected chi connectivity index (χ2v) is 8.37. The molecule has 0 aliphatic rings. The molecule has 23 heavy (non-hydrogen) atoms. The van der Waals surface area contributed by atoms with Crippen LogP contribution in [0.3, 0.4) is 0 Å². The molecule has 0 N–H and O–H groups in total. The largest absolute Gasteiger partial charge is 0.496 e. The van der Waals surface area contributed by atoms with Crippen LogP contribution in [0.25, 0.3) is 0 Å². The van der Waals surface area contributed by atoms with Gasteiger partial charge in [-0.05, 0) is 25.1 Å². The number of methoxy groups -OCH3 is 1. The molecule has 0 radical (unpaired) electrons. The molecule has 0 aliphatic carbocycles. The third-order valence-corrected chi connectivity index (χ3v) is 6.09. The predicted octanol–water partition coefficient (Wildman–Crippen LogP) is 2.94. The first-order chi connectivity index (χ1) is 10.8. The van der Waals surface area contributed by atoms with Crippen LogP contribution < -0.4 is 4.74 Å². The van der Waals surface area contributed by atoms with E-state index in [4.69, 9.17) is 4.74 Å². The van der Waals surface area contributed by atoms with Crippen molar-refractivity contribution in [3.05, 3.63) is 47.7 Å². The molecule has 0 saturated heterocycles. The minimum atomic E-state index is -3.44. The number of pyridine rings is 1. The standard InChI is InChI=1S/C16H20N2O3S2/c1-12-5-7-15(21-4)13(9-12)11-22-16-8-6-14(10-17-16)23(19,20)18(2)3/h5-10H,11H2,1-4H3. The van der Waals surface area contributed by atoms with Crippen LogP contribution in [0.5, 0.6) is 5.75 Å².